The number of esters is 2. The maximum absolute atomic E-state index is 12.7. The van der Waals surface area contributed by atoms with Gasteiger partial charge >= 0.3 is 11.9 Å². The van der Waals surface area contributed by atoms with Crippen molar-refractivity contribution in [1.82, 2.24) is 0 Å². The minimum Gasteiger partial charge on any atom is -0.490 e. The molecular weight excluding hydrogens is 508 g/mol. The Labute approximate surface area is 234 Å². The molecule has 4 aromatic carbocycles. The molecule has 0 heterocycles. The first kappa shape index (κ1) is 28.6. The highest BCUT2D eigenvalue weighted by Gasteiger charge is 2.27. The maximum Gasteiger partial charge on any atom is 0.342 e. The van der Waals surface area contributed by atoms with Crippen LogP contribution in [0, 0.1) is 0 Å². The molecule has 7 nitrogen and oxygen atoms in total. The summed E-state index contributed by atoms with van der Waals surface area (Å²) in [5.74, 6) is -0.919. The topological polar surface area (TPSA) is 80.3 Å². The quantitative estimate of drug-likeness (QED) is 0.141. The van der Waals surface area contributed by atoms with E-state index >= 15 is 0 Å². The van der Waals surface area contributed by atoms with E-state index in [4.69, 9.17) is 23.7 Å². The van der Waals surface area contributed by atoms with Crippen molar-refractivity contribution >= 4 is 22.7 Å². The Balaban J connectivity index is 1.41. The first-order chi connectivity index (χ1) is 19.6. The summed E-state index contributed by atoms with van der Waals surface area (Å²) in [6.45, 7) is 1.35. The third kappa shape index (κ3) is 7.61. The van der Waals surface area contributed by atoms with E-state index in [9.17, 15) is 9.59 Å². The average molecular weight is 543 g/mol. The van der Waals surface area contributed by atoms with Crippen molar-refractivity contribution in [2.24, 2.45) is 0 Å². The van der Waals surface area contributed by atoms with Crippen molar-refractivity contribution < 1.29 is 33.3 Å². The Morgan fingerprint density at radius 3 is 2.15 bits per heavy atom. The van der Waals surface area contributed by atoms with Crippen LogP contribution < -0.4 is 9.47 Å². The lowest BCUT2D eigenvalue weighted by Gasteiger charge is -2.18. The lowest BCUT2D eigenvalue weighted by molar-refractivity contribution is 0.0546. The van der Waals surface area contributed by atoms with Crippen LogP contribution in [0.15, 0.2) is 84.9 Å². The van der Waals surface area contributed by atoms with Gasteiger partial charge in [0.15, 0.2) is 11.5 Å². The van der Waals surface area contributed by atoms with E-state index in [1.54, 1.807) is 6.07 Å². The Morgan fingerprint density at radius 2 is 1.38 bits per heavy atom. The number of benzene rings is 4. The van der Waals surface area contributed by atoms with Crippen molar-refractivity contribution in [1.29, 1.82) is 0 Å². The molecule has 0 spiro atoms. The number of fused-ring (bicyclic) bond motifs is 1. The number of hydrogen-bond acceptors (Lipinski definition) is 7. The first-order valence-electron chi connectivity index (χ1n) is 13.3. The second-order valence-corrected chi connectivity index (χ2v) is 9.13. The molecule has 0 radical (unpaired) electrons. The lowest BCUT2D eigenvalue weighted by Crippen LogP contribution is -2.17. The zero-order valence-electron chi connectivity index (χ0n) is 22.9. The lowest BCUT2D eigenvalue weighted by atomic mass is 10.0. The predicted octanol–water partition coefficient (Wildman–Crippen LogP) is 6.06. The minimum absolute atomic E-state index is 0.0364. The Kier molecular flexibility index (Phi) is 10.5. The SMILES string of the molecule is COC(=O)c1ccc(OCCCc2ccc3ccccc3c2)c(OCCOCCc2ccccc2)c1C(=O)OC. The summed E-state index contributed by atoms with van der Waals surface area (Å²) >= 11 is 0. The van der Waals surface area contributed by atoms with Crippen LogP contribution in [0.5, 0.6) is 11.5 Å². The van der Waals surface area contributed by atoms with Gasteiger partial charge < -0.3 is 23.7 Å². The fourth-order valence-electron chi connectivity index (χ4n) is 4.40. The van der Waals surface area contributed by atoms with Gasteiger partial charge in [-0.1, -0.05) is 72.8 Å². The molecule has 0 aliphatic rings. The summed E-state index contributed by atoms with van der Waals surface area (Å²) in [7, 11) is 2.50. The monoisotopic (exact) mass is 542 g/mol. The highest BCUT2D eigenvalue weighted by molar-refractivity contribution is 6.05. The molecule has 0 aliphatic heterocycles. The van der Waals surface area contributed by atoms with Crippen molar-refractivity contribution in [3.8, 4) is 11.5 Å². The van der Waals surface area contributed by atoms with Crippen molar-refractivity contribution in [2.45, 2.75) is 19.3 Å². The number of aryl methyl sites for hydroxylation is 1. The zero-order chi connectivity index (χ0) is 28.2. The van der Waals surface area contributed by atoms with Crippen molar-refractivity contribution in [3.63, 3.8) is 0 Å². The summed E-state index contributed by atoms with van der Waals surface area (Å²) in [5, 5.41) is 2.40. The molecule has 0 atom stereocenters. The summed E-state index contributed by atoms with van der Waals surface area (Å²) in [5.41, 5.74) is 2.40. The third-order valence-electron chi connectivity index (χ3n) is 6.45. The number of carbonyl (C=O) groups excluding carboxylic acids is 2. The van der Waals surface area contributed by atoms with Gasteiger partial charge in [-0.2, -0.15) is 0 Å². The van der Waals surface area contributed by atoms with Crippen LogP contribution >= 0.6 is 0 Å². The van der Waals surface area contributed by atoms with Gasteiger partial charge in [-0.15, -0.1) is 0 Å². The van der Waals surface area contributed by atoms with E-state index in [2.05, 4.69) is 30.3 Å². The average Bonchev–Trinajstić information content (AvgIpc) is 3.00. The molecule has 208 valence electrons. The fraction of sp³-hybridized carbons (Fsp3) is 0.273. The van der Waals surface area contributed by atoms with Crippen LogP contribution in [0.4, 0.5) is 0 Å². The molecule has 0 amide bonds. The summed E-state index contributed by atoms with van der Waals surface area (Å²) in [6, 6.07) is 27.8. The summed E-state index contributed by atoms with van der Waals surface area (Å²) in [4.78, 5) is 25.2. The van der Waals surface area contributed by atoms with E-state index in [-0.39, 0.29) is 30.1 Å². The molecule has 0 aliphatic carbocycles. The molecule has 0 bridgehead atoms. The van der Waals surface area contributed by atoms with E-state index in [1.165, 1.54) is 42.2 Å². The Bertz CT molecular complexity index is 1420. The molecule has 40 heavy (non-hydrogen) atoms. The third-order valence-corrected chi connectivity index (χ3v) is 6.45. The van der Waals surface area contributed by atoms with Crippen LogP contribution in [0.25, 0.3) is 10.8 Å². The van der Waals surface area contributed by atoms with E-state index in [1.807, 2.05) is 42.5 Å². The first-order valence-corrected chi connectivity index (χ1v) is 13.3. The predicted molar refractivity (Wildman–Crippen MR) is 153 cm³/mol. The highest BCUT2D eigenvalue weighted by atomic mass is 16.6. The Hall–Kier alpha value is -4.36. The summed E-state index contributed by atoms with van der Waals surface area (Å²) in [6.07, 6.45) is 2.34. The van der Waals surface area contributed by atoms with Crippen LogP contribution in [-0.2, 0) is 27.1 Å². The van der Waals surface area contributed by atoms with Gasteiger partial charge in [0.25, 0.3) is 0 Å². The number of carbonyl (C=O) groups is 2. The maximum atomic E-state index is 12.7. The van der Waals surface area contributed by atoms with Gasteiger partial charge in [-0.3, -0.25) is 0 Å². The standard InChI is InChI=1S/C33H34O7/c1-36-32(34)28-16-17-29(39-19-8-11-25-14-15-26-12-6-7-13-27(26)23-25)31(30(28)33(35)37-2)40-22-21-38-20-18-24-9-4-3-5-10-24/h3-7,9-10,12-17,23H,8,11,18-22H2,1-2H3. The van der Waals surface area contributed by atoms with Gasteiger partial charge in [0, 0.05) is 0 Å². The summed E-state index contributed by atoms with van der Waals surface area (Å²) < 4.78 is 27.6. The molecule has 0 saturated carbocycles. The smallest absolute Gasteiger partial charge is 0.342 e. The molecule has 7 heteroatoms. The van der Waals surface area contributed by atoms with E-state index < -0.39 is 11.9 Å². The number of methoxy groups -OCH3 is 2. The second kappa shape index (κ2) is 14.7. The van der Waals surface area contributed by atoms with Crippen LogP contribution in [0.2, 0.25) is 0 Å². The van der Waals surface area contributed by atoms with Crippen LogP contribution in [0.1, 0.15) is 38.3 Å². The molecule has 0 aromatic heterocycles. The largest absolute Gasteiger partial charge is 0.490 e. The number of rotatable bonds is 14. The van der Waals surface area contributed by atoms with E-state index in [0.717, 1.165) is 19.3 Å². The molecule has 0 N–H and O–H groups in total. The molecule has 4 aromatic rings. The highest BCUT2D eigenvalue weighted by Crippen LogP contribution is 2.35. The van der Waals surface area contributed by atoms with Gasteiger partial charge in [-0.25, -0.2) is 9.59 Å². The van der Waals surface area contributed by atoms with Crippen LogP contribution in [-0.4, -0.2) is 52.6 Å². The van der Waals surface area contributed by atoms with Gasteiger partial charge in [0.05, 0.1) is 39.6 Å². The minimum atomic E-state index is -0.720. The Morgan fingerprint density at radius 1 is 0.625 bits per heavy atom. The number of hydrogen-bond donors (Lipinski definition) is 0. The molecule has 0 saturated heterocycles. The van der Waals surface area contributed by atoms with Gasteiger partial charge in [0.2, 0.25) is 0 Å². The van der Waals surface area contributed by atoms with Crippen molar-refractivity contribution in [3.05, 3.63) is 107 Å². The second-order valence-electron chi connectivity index (χ2n) is 9.13. The molecule has 0 unspecified atom stereocenters. The van der Waals surface area contributed by atoms with Crippen LogP contribution in [0.3, 0.4) is 0 Å². The van der Waals surface area contributed by atoms with Crippen molar-refractivity contribution in [2.75, 3.05) is 40.6 Å². The molecule has 4 rings (SSSR count). The zero-order valence-corrected chi connectivity index (χ0v) is 22.9. The van der Waals surface area contributed by atoms with Gasteiger partial charge in [0.1, 0.15) is 12.2 Å². The molecular formula is C33H34O7. The normalized spacial score (nSPS) is 10.8. The number of ether oxygens (including phenoxy) is 5. The van der Waals surface area contributed by atoms with Gasteiger partial charge in [-0.05, 0) is 53.3 Å². The van der Waals surface area contributed by atoms with E-state index in [0.29, 0.717) is 19.0 Å². The molecule has 0 fully saturated rings. The fourth-order valence-corrected chi connectivity index (χ4v) is 4.40.